The summed E-state index contributed by atoms with van der Waals surface area (Å²) in [6.45, 7) is 3.58. The van der Waals surface area contributed by atoms with Crippen molar-refractivity contribution in [3.05, 3.63) is 59.5 Å². The van der Waals surface area contributed by atoms with Crippen LogP contribution in [-0.4, -0.2) is 17.6 Å². The summed E-state index contributed by atoms with van der Waals surface area (Å²) in [6, 6.07) is 11.0. The first-order valence-electron chi connectivity index (χ1n) is 6.11. The van der Waals surface area contributed by atoms with Gasteiger partial charge in [0.05, 0.1) is 12.8 Å². The average Bonchev–Trinajstić information content (AvgIpc) is 2.83. The first-order chi connectivity index (χ1) is 9.00. The second-order valence-electron chi connectivity index (χ2n) is 4.76. The van der Waals surface area contributed by atoms with E-state index in [1.54, 1.807) is 19.9 Å². The van der Waals surface area contributed by atoms with Gasteiger partial charge in [0.25, 0.3) is 5.91 Å². The maximum atomic E-state index is 11.9. The molecule has 2 rings (SSSR count). The molecule has 1 atom stereocenters. The summed E-state index contributed by atoms with van der Waals surface area (Å²) in [5.74, 6) is -0.0393. The van der Waals surface area contributed by atoms with Gasteiger partial charge in [-0.2, -0.15) is 0 Å². The number of amides is 1. The van der Waals surface area contributed by atoms with E-state index in [0.717, 1.165) is 11.1 Å². The number of carbonyl (C=O) groups is 1. The summed E-state index contributed by atoms with van der Waals surface area (Å²) in [7, 11) is 0. The van der Waals surface area contributed by atoms with E-state index in [1.165, 1.54) is 6.26 Å². The summed E-state index contributed by atoms with van der Waals surface area (Å²) in [5, 5.41) is 13.0. The van der Waals surface area contributed by atoms with Crippen molar-refractivity contribution in [2.45, 2.75) is 19.4 Å². The van der Waals surface area contributed by atoms with E-state index in [2.05, 4.69) is 5.32 Å². The van der Waals surface area contributed by atoms with Crippen molar-refractivity contribution >= 4 is 5.91 Å². The Labute approximate surface area is 112 Å². The van der Waals surface area contributed by atoms with Gasteiger partial charge >= 0.3 is 0 Å². The van der Waals surface area contributed by atoms with E-state index >= 15 is 0 Å². The fraction of sp³-hybridized carbons (Fsp3) is 0.267. The molecule has 0 fully saturated rings. The predicted molar refractivity (Wildman–Crippen MR) is 71.8 cm³/mol. The van der Waals surface area contributed by atoms with Crippen molar-refractivity contribution in [3.63, 3.8) is 0 Å². The molecule has 0 saturated carbocycles. The highest BCUT2D eigenvalue weighted by molar-refractivity contribution is 5.92. The summed E-state index contributed by atoms with van der Waals surface area (Å²) in [5.41, 5.74) is 0.417. The minimum absolute atomic E-state index is 0.121. The number of carbonyl (C=O) groups excluding carboxylic acids is 1. The summed E-state index contributed by atoms with van der Waals surface area (Å²) >= 11 is 0. The highest BCUT2D eigenvalue weighted by Gasteiger charge is 2.24. The zero-order chi connectivity index (χ0) is 13.9. The maximum absolute atomic E-state index is 11.9. The van der Waals surface area contributed by atoms with Crippen molar-refractivity contribution in [1.82, 2.24) is 5.32 Å². The van der Waals surface area contributed by atoms with Gasteiger partial charge in [0, 0.05) is 5.56 Å². The number of rotatable bonds is 4. The molecule has 0 spiro atoms. The van der Waals surface area contributed by atoms with Crippen LogP contribution in [-0.2, 0) is 5.60 Å². The lowest BCUT2D eigenvalue weighted by Crippen LogP contribution is -2.38. The largest absolute Gasteiger partial charge is 0.459 e. The number of hydrogen-bond donors (Lipinski definition) is 2. The highest BCUT2D eigenvalue weighted by Crippen LogP contribution is 2.19. The van der Waals surface area contributed by atoms with E-state index in [9.17, 15) is 9.90 Å². The van der Waals surface area contributed by atoms with Crippen LogP contribution in [0.4, 0.5) is 0 Å². The molecule has 1 amide bonds. The summed E-state index contributed by atoms with van der Waals surface area (Å²) < 4.78 is 5.10. The van der Waals surface area contributed by atoms with Crippen LogP contribution >= 0.6 is 0 Å². The van der Waals surface area contributed by atoms with Crippen molar-refractivity contribution in [2.24, 2.45) is 0 Å². The van der Waals surface area contributed by atoms with Gasteiger partial charge in [-0.15, -0.1) is 0 Å². The Kier molecular flexibility index (Phi) is 3.71. The molecule has 100 valence electrons. The number of hydrogen-bond acceptors (Lipinski definition) is 3. The molecule has 1 aromatic carbocycles. The molecule has 4 heteroatoms. The van der Waals surface area contributed by atoms with Gasteiger partial charge in [-0.3, -0.25) is 4.79 Å². The Hall–Kier alpha value is -2.07. The molecule has 1 heterocycles. The molecule has 1 unspecified atom stereocenters. The molecular formula is C15H17NO3. The first-order valence-corrected chi connectivity index (χ1v) is 6.11. The van der Waals surface area contributed by atoms with E-state index in [1.807, 2.05) is 30.3 Å². The molecule has 0 bridgehead atoms. The lowest BCUT2D eigenvalue weighted by atomic mass is 9.96. The molecule has 0 saturated heterocycles. The Bertz CT molecular complexity index is 558. The monoisotopic (exact) mass is 259 g/mol. The Morgan fingerprint density at radius 2 is 2.00 bits per heavy atom. The molecular weight excluding hydrogens is 242 g/mol. The quantitative estimate of drug-likeness (QED) is 0.885. The molecule has 0 aliphatic carbocycles. The minimum Gasteiger partial charge on any atom is -0.459 e. The molecule has 4 nitrogen and oxygen atoms in total. The molecule has 0 aliphatic heterocycles. The van der Waals surface area contributed by atoms with Crippen LogP contribution < -0.4 is 5.32 Å². The smallest absolute Gasteiger partial charge is 0.287 e. The second-order valence-corrected chi connectivity index (χ2v) is 4.76. The van der Waals surface area contributed by atoms with Gasteiger partial charge in [-0.1, -0.05) is 30.3 Å². The number of furan rings is 1. The second kappa shape index (κ2) is 5.28. The van der Waals surface area contributed by atoms with E-state index < -0.39 is 5.60 Å². The zero-order valence-corrected chi connectivity index (χ0v) is 11.0. The third kappa shape index (κ3) is 3.03. The van der Waals surface area contributed by atoms with E-state index in [-0.39, 0.29) is 18.2 Å². The highest BCUT2D eigenvalue weighted by atomic mass is 16.3. The van der Waals surface area contributed by atoms with E-state index in [4.69, 9.17) is 4.42 Å². The van der Waals surface area contributed by atoms with Crippen molar-refractivity contribution in [3.8, 4) is 0 Å². The van der Waals surface area contributed by atoms with E-state index in [0.29, 0.717) is 0 Å². The molecule has 2 aromatic rings. The molecule has 0 radical (unpaired) electrons. The standard InChI is InChI=1S/C15H17NO3/c1-11-8-9-19-13(11)14(17)16-10-15(2,18)12-6-4-3-5-7-12/h3-9,18H,10H2,1-2H3,(H,16,17). The molecule has 1 aromatic heterocycles. The Morgan fingerprint density at radius 1 is 1.32 bits per heavy atom. The topological polar surface area (TPSA) is 62.5 Å². The van der Waals surface area contributed by atoms with Gasteiger partial charge in [0.2, 0.25) is 0 Å². The van der Waals surface area contributed by atoms with Crippen molar-refractivity contribution in [1.29, 1.82) is 0 Å². The SMILES string of the molecule is Cc1ccoc1C(=O)NCC(C)(O)c1ccccc1. The third-order valence-electron chi connectivity index (χ3n) is 3.06. The summed E-state index contributed by atoms with van der Waals surface area (Å²) in [4.78, 5) is 11.9. The average molecular weight is 259 g/mol. The number of aryl methyl sites for hydroxylation is 1. The normalized spacial score (nSPS) is 13.8. The zero-order valence-electron chi connectivity index (χ0n) is 11.0. The molecule has 0 aliphatic rings. The van der Waals surface area contributed by atoms with Crippen LogP contribution in [0, 0.1) is 6.92 Å². The summed E-state index contributed by atoms with van der Waals surface area (Å²) in [6.07, 6.45) is 1.47. The molecule has 2 N–H and O–H groups in total. The first kappa shape index (κ1) is 13.4. The van der Waals surface area contributed by atoms with Crippen LogP contribution in [0.3, 0.4) is 0 Å². The number of nitrogens with one attached hydrogen (secondary N) is 1. The Balaban J connectivity index is 2.03. The van der Waals surface area contributed by atoms with Gasteiger partial charge in [0.15, 0.2) is 5.76 Å². The van der Waals surface area contributed by atoms with Crippen molar-refractivity contribution in [2.75, 3.05) is 6.54 Å². The lowest BCUT2D eigenvalue weighted by Gasteiger charge is -2.24. The maximum Gasteiger partial charge on any atom is 0.287 e. The lowest BCUT2D eigenvalue weighted by molar-refractivity contribution is 0.0518. The van der Waals surface area contributed by atoms with Crippen LogP contribution in [0.1, 0.15) is 28.6 Å². The fourth-order valence-corrected chi connectivity index (χ4v) is 1.84. The minimum atomic E-state index is -1.11. The van der Waals surface area contributed by atoms with Gasteiger partial charge in [-0.05, 0) is 25.5 Å². The molecule has 19 heavy (non-hydrogen) atoms. The van der Waals surface area contributed by atoms with Crippen LogP contribution in [0.25, 0.3) is 0 Å². The predicted octanol–water partition coefficient (Wildman–Crippen LogP) is 2.23. The van der Waals surface area contributed by atoms with Crippen LogP contribution in [0.5, 0.6) is 0 Å². The van der Waals surface area contributed by atoms with Crippen molar-refractivity contribution < 1.29 is 14.3 Å². The third-order valence-corrected chi connectivity index (χ3v) is 3.06. The Morgan fingerprint density at radius 3 is 2.58 bits per heavy atom. The van der Waals surface area contributed by atoms with Crippen LogP contribution in [0.2, 0.25) is 0 Å². The van der Waals surface area contributed by atoms with Gasteiger partial charge < -0.3 is 14.8 Å². The number of aliphatic hydroxyl groups is 1. The van der Waals surface area contributed by atoms with Gasteiger partial charge in [0.1, 0.15) is 5.60 Å². The van der Waals surface area contributed by atoms with Crippen LogP contribution in [0.15, 0.2) is 47.1 Å². The fourth-order valence-electron chi connectivity index (χ4n) is 1.84. The van der Waals surface area contributed by atoms with Gasteiger partial charge in [-0.25, -0.2) is 0 Å². The number of benzene rings is 1.